The van der Waals surface area contributed by atoms with Gasteiger partial charge in [-0.25, -0.2) is 0 Å². The highest BCUT2D eigenvalue weighted by Crippen LogP contribution is 2.30. The lowest BCUT2D eigenvalue weighted by molar-refractivity contribution is 0.245. The van der Waals surface area contributed by atoms with Crippen LogP contribution in [0.2, 0.25) is 0 Å². The monoisotopic (exact) mass is 259 g/mol. The molecule has 1 aliphatic heterocycles. The number of rotatable bonds is 2. The summed E-state index contributed by atoms with van der Waals surface area (Å²) in [5, 5.41) is 22.1. The molecule has 2 rings (SSSR count). The van der Waals surface area contributed by atoms with Crippen molar-refractivity contribution in [1.82, 2.24) is 5.32 Å². The van der Waals surface area contributed by atoms with Crippen LogP contribution < -0.4 is 10.2 Å². The fourth-order valence-corrected chi connectivity index (χ4v) is 2.80. The summed E-state index contributed by atoms with van der Waals surface area (Å²) in [5.74, 6) is 0. The topological polar surface area (TPSA) is 59.3 Å². The lowest BCUT2D eigenvalue weighted by Crippen LogP contribution is -2.52. The van der Waals surface area contributed by atoms with Crippen LogP contribution in [0.3, 0.4) is 0 Å². The van der Waals surface area contributed by atoms with Gasteiger partial charge < -0.3 is 15.3 Å². The Labute approximate surface area is 114 Å². The van der Waals surface area contributed by atoms with Crippen LogP contribution in [-0.4, -0.2) is 36.4 Å². The van der Waals surface area contributed by atoms with Gasteiger partial charge >= 0.3 is 0 Å². The van der Waals surface area contributed by atoms with Gasteiger partial charge in [0.25, 0.3) is 0 Å². The number of aliphatic hydroxyl groups is 1. The summed E-state index contributed by atoms with van der Waals surface area (Å²) in [5.41, 5.74) is 1.61. The highest BCUT2D eigenvalue weighted by molar-refractivity contribution is 5.54. The number of aliphatic hydroxyl groups excluding tert-OH is 1. The molecule has 1 fully saturated rings. The highest BCUT2D eigenvalue weighted by atomic mass is 16.3. The Hall–Kier alpha value is -1.57. The van der Waals surface area contributed by atoms with E-state index in [9.17, 15) is 5.11 Å². The van der Waals surface area contributed by atoms with Gasteiger partial charge in [0.05, 0.1) is 24.3 Å². The number of anilines is 1. The molecule has 4 nitrogen and oxygen atoms in total. The lowest BCUT2D eigenvalue weighted by Gasteiger charge is -2.43. The van der Waals surface area contributed by atoms with Crippen molar-refractivity contribution in [3.8, 4) is 6.07 Å². The Balaban J connectivity index is 2.43. The lowest BCUT2D eigenvalue weighted by atomic mass is 9.95. The fourth-order valence-electron chi connectivity index (χ4n) is 2.80. The summed E-state index contributed by atoms with van der Waals surface area (Å²) < 4.78 is 0. The minimum atomic E-state index is -0.0506. The van der Waals surface area contributed by atoms with Gasteiger partial charge in [-0.15, -0.1) is 0 Å². The third-order valence-electron chi connectivity index (χ3n) is 3.78. The molecule has 1 aliphatic rings. The van der Waals surface area contributed by atoms with Crippen LogP contribution in [0.1, 0.15) is 25.8 Å². The van der Waals surface area contributed by atoms with E-state index < -0.39 is 0 Å². The van der Waals surface area contributed by atoms with Gasteiger partial charge in [0, 0.05) is 17.8 Å². The average molecular weight is 259 g/mol. The maximum Gasteiger partial charge on any atom is 0.0992 e. The standard InChI is InChI=1S/C15H21N3O/c1-15(2)6-7-17-10-14(11-19)18(15)13-5-3-4-12(8-13)9-16/h3-5,8,14,17,19H,6-7,10-11H2,1-2H3. The van der Waals surface area contributed by atoms with E-state index in [0.717, 1.165) is 25.2 Å². The molecular weight excluding hydrogens is 238 g/mol. The number of nitriles is 1. The molecule has 19 heavy (non-hydrogen) atoms. The molecule has 0 amide bonds. The Morgan fingerprint density at radius 1 is 1.53 bits per heavy atom. The molecule has 0 spiro atoms. The Bertz CT molecular complexity index is 479. The van der Waals surface area contributed by atoms with Crippen molar-refractivity contribution in [2.45, 2.75) is 31.8 Å². The van der Waals surface area contributed by atoms with Crippen LogP contribution >= 0.6 is 0 Å². The van der Waals surface area contributed by atoms with E-state index in [4.69, 9.17) is 5.26 Å². The smallest absolute Gasteiger partial charge is 0.0992 e. The average Bonchev–Trinajstić information content (AvgIpc) is 2.56. The molecule has 0 aromatic heterocycles. The van der Waals surface area contributed by atoms with E-state index in [1.807, 2.05) is 18.2 Å². The van der Waals surface area contributed by atoms with E-state index >= 15 is 0 Å². The molecule has 1 aromatic carbocycles. The van der Waals surface area contributed by atoms with Crippen molar-refractivity contribution < 1.29 is 5.11 Å². The van der Waals surface area contributed by atoms with E-state index in [0.29, 0.717) is 5.56 Å². The minimum absolute atomic E-state index is 0.0337. The fraction of sp³-hybridized carbons (Fsp3) is 0.533. The molecule has 1 aromatic rings. The van der Waals surface area contributed by atoms with Gasteiger partial charge in [-0.05, 0) is 45.0 Å². The first kappa shape index (κ1) is 13.9. The summed E-state index contributed by atoms with van der Waals surface area (Å²) in [6, 6.07) is 9.83. The van der Waals surface area contributed by atoms with Gasteiger partial charge in [0.2, 0.25) is 0 Å². The zero-order valence-corrected chi connectivity index (χ0v) is 11.6. The molecule has 0 aliphatic carbocycles. The highest BCUT2D eigenvalue weighted by Gasteiger charge is 2.34. The predicted octanol–water partition coefficient (Wildman–Crippen LogP) is 1.50. The van der Waals surface area contributed by atoms with Crippen molar-refractivity contribution in [3.05, 3.63) is 29.8 Å². The largest absolute Gasteiger partial charge is 0.394 e. The number of hydrogen-bond donors (Lipinski definition) is 2. The van der Waals surface area contributed by atoms with Crippen molar-refractivity contribution in [2.24, 2.45) is 0 Å². The first-order chi connectivity index (χ1) is 9.08. The molecule has 1 unspecified atom stereocenters. The van der Waals surface area contributed by atoms with Gasteiger partial charge in [-0.2, -0.15) is 5.26 Å². The first-order valence-corrected chi connectivity index (χ1v) is 6.69. The predicted molar refractivity (Wildman–Crippen MR) is 76.1 cm³/mol. The second kappa shape index (κ2) is 5.60. The summed E-state index contributed by atoms with van der Waals surface area (Å²) in [7, 11) is 0. The summed E-state index contributed by atoms with van der Waals surface area (Å²) in [6.07, 6.45) is 1.00. The van der Waals surface area contributed by atoms with E-state index in [1.54, 1.807) is 6.07 Å². The third-order valence-corrected chi connectivity index (χ3v) is 3.78. The minimum Gasteiger partial charge on any atom is -0.394 e. The van der Waals surface area contributed by atoms with Crippen molar-refractivity contribution in [2.75, 3.05) is 24.6 Å². The third kappa shape index (κ3) is 2.89. The molecule has 0 saturated carbocycles. The molecule has 1 saturated heterocycles. The summed E-state index contributed by atoms with van der Waals surface area (Å²) in [6.45, 7) is 6.17. The molecule has 1 heterocycles. The summed E-state index contributed by atoms with van der Waals surface area (Å²) in [4.78, 5) is 2.24. The number of hydrogen-bond acceptors (Lipinski definition) is 4. The second-order valence-electron chi connectivity index (χ2n) is 5.64. The van der Waals surface area contributed by atoms with E-state index in [1.165, 1.54) is 0 Å². The van der Waals surface area contributed by atoms with Crippen LogP contribution in [0.15, 0.2) is 24.3 Å². The molecular formula is C15H21N3O. The van der Waals surface area contributed by atoms with Crippen LogP contribution in [0, 0.1) is 11.3 Å². The Kier molecular flexibility index (Phi) is 4.08. The number of nitrogens with one attached hydrogen (secondary N) is 1. The molecule has 0 bridgehead atoms. The Morgan fingerprint density at radius 3 is 3.00 bits per heavy atom. The van der Waals surface area contributed by atoms with E-state index in [-0.39, 0.29) is 18.2 Å². The normalized spacial score (nSPS) is 22.6. The SMILES string of the molecule is CC1(C)CCNCC(CO)N1c1cccc(C#N)c1. The van der Waals surface area contributed by atoms with Crippen LogP contribution in [0.5, 0.6) is 0 Å². The first-order valence-electron chi connectivity index (χ1n) is 6.69. The maximum atomic E-state index is 9.66. The van der Waals surface area contributed by atoms with Crippen molar-refractivity contribution in [1.29, 1.82) is 5.26 Å². The second-order valence-corrected chi connectivity index (χ2v) is 5.64. The zero-order valence-electron chi connectivity index (χ0n) is 11.6. The van der Waals surface area contributed by atoms with Crippen molar-refractivity contribution >= 4 is 5.69 Å². The van der Waals surface area contributed by atoms with Crippen LogP contribution in [-0.2, 0) is 0 Å². The van der Waals surface area contributed by atoms with Crippen LogP contribution in [0.4, 0.5) is 5.69 Å². The molecule has 2 N–H and O–H groups in total. The zero-order chi connectivity index (χ0) is 13.9. The molecule has 1 atom stereocenters. The molecule has 102 valence electrons. The van der Waals surface area contributed by atoms with E-state index in [2.05, 4.69) is 30.1 Å². The van der Waals surface area contributed by atoms with Crippen LogP contribution in [0.25, 0.3) is 0 Å². The Morgan fingerprint density at radius 2 is 2.32 bits per heavy atom. The van der Waals surface area contributed by atoms with Gasteiger partial charge in [0.1, 0.15) is 0 Å². The molecule has 0 radical (unpaired) electrons. The molecule has 4 heteroatoms. The van der Waals surface area contributed by atoms with Gasteiger partial charge in [-0.3, -0.25) is 0 Å². The number of benzene rings is 1. The van der Waals surface area contributed by atoms with Gasteiger partial charge in [-0.1, -0.05) is 6.07 Å². The quantitative estimate of drug-likeness (QED) is 0.845. The van der Waals surface area contributed by atoms with Gasteiger partial charge in [0.15, 0.2) is 0 Å². The number of nitrogens with zero attached hydrogens (tertiary/aromatic N) is 2. The summed E-state index contributed by atoms with van der Waals surface area (Å²) >= 11 is 0. The van der Waals surface area contributed by atoms with Crippen molar-refractivity contribution in [3.63, 3.8) is 0 Å². The maximum absolute atomic E-state index is 9.66.